The van der Waals surface area contributed by atoms with Crippen molar-refractivity contribution in [3.8, 4) is 0 Å². The number of imidazole rings is 1. The zero-order chi connectivity index (χ0) is 12.8. The molecule has 0 bridgehead atoms. The first-order chi connectivity index (χ1) is 7.80. The molecule has 0 fully saturated rings. The number of carbonyl (C=O) groups is 1. The fourth-order valence-corrected chi connectivity index (χ4v) is 2.86. The molecular formula is C12H16N2O2S. The average molecular weight is 252 g/mol. The van der Waals surface area contributed by atoms with Gasteiger partial charge in [-0.25, -0.2) is 4.98 Å². The minimum atomic E-state index is -0.817. The number of hydrogen-bond donors (Lipinski definition) is 1. The second-order valence-corrected chi connectivity index (χ2v) is 6.06. The zero-order valence-electron chi connectivity index (χ0n) is 10.4. The van der Waals surface area contributed by atoms with Crippen LogP contribution in [0.3, 0.4) is 0 Å². The van der Waals surface area contributed by atoms with Crippen LogP contribution in [0.5, 0.6) is 0 Å². The molecule has 0 aromatic carbocycles. The number of nitrogens with zero attached hydrogens (tertiary/aromatic N) is 2. The molecule has 2 rings (SSSR count). The Balaban J connectivity index is 2.71. The summed E-state index contributed by atoms with van der Waals surface area (Å²) in [6.07, 6.45) is 0.0192. The molecule has 0 aliphatic heterocycles. The summed E-state index contributed by atoms with van der Waals surface area (Å²) >= 11 is 1.55. The van der Waals surface area contributed by atoms with E-state index in [9.17, 15) is 4.79 Å². The summed E-state index contributed by atoms with van der Waals surface area (Å²) in [6.45, 7) is 8.14. The minimum absolute atomic E-state index is 0.0192. The lowest BCUT2D eigenvalue weighted by atomic mass is 9.90. The van der Waals surface area contributed by atoms with Crippen LogP contribution in [0.15, 0.2) is 5.38 Å². The number of hydrogen-bond acceptors (Lipinski definition) is 3. The Morgan fingerprint density at radius 1 is 1.53 bits per heavy atom. The number of aryl methyl sites for hydroxylation is 1. The van der Waals surface area contributed by atoms with E-state index in [-0.39, 0.29) is 11.8 Å². The molecule has 0 atom stereocenters. The maximum Gasteiger partial charge on any atom is 0.309 e. The number of thiazole rings is 1. The first kappa shape index (κ1) is 12.1. The summed E-state index contributed by atoms with van der Waals surface area (Å²) in [5.74, 6) is -0.817. The Bertz CT molecular complexity index is 575. The van der Waals surface area contributed by atoms with Crippen molar-refractivity contribution in [1.29, 1.82) is 0 Å². The van der Waals surface area contributed by atoms with Gasteiger partial charge >= 0.3 is 5.97 Å². The molecule has 0 saturated heterocycles. The Labute approximate surface area is 104 Å². The third-order valence-electron chi connectivity index (χ3n) is 2.66. The number of carboxylic acids is 1. The van der Waals surface area contributed by atoms with Gasteiger partial charge in [0.1, 0.15) is 0 Å². The predicted octanol–water partition coefficient (Wildman–Crippen LogP) is 2.63. The van der Waals surface area contributed by atoms with Gasteiger partial charge in [0.2, 0.25) is 0 Å². The third kappa shape index (κ3) is 2.07. The van der Waals surface area contributed by atoms with Gasteiger partial charge in [0.05, 0.1) is 17.8 Å². The highest BCUT2D eigenvalue weighted by Crippen LogP contribution is 2.29. The van der Waals surface area contributed by atoms with E-state index in [2.05, 4.69) is 25.8 Å². The lowest BCUT2D eigenvalue weighted by molar-refractivity contribution is -0.136. The first-order valence-corrected chi connectivity index (χ1v) is 6.36. The van der Waals surface area contributed by atoms with Crippen molar-refractivity contribution in [2.45, 2.75) is 39.5 Å². The van der Waals surface area contributed by atoms with Crippen molar-refractivity contribution in [1.82, 2.24) is 9.38 Å². The van der Waals surface area contributed by atoms with Crippen LogP contribution in [0.25, 0.3) is 4.96 Å². The van der Waals surface area contributed by atoms with Crippen molar-refractivity contribution < 1.29 is 9.90 Å². The topological polar surface area (TPSA) is 54.6 Å². The molecule has 0 aliphatic rings. The lowest BCUT2D eigenvalue weighted by Gasteiger charge is -2.17. The highest BCUT2D eigenvalue weighted by atomic mass is 32.1. The number of rotatable bonds is 2. The normalized spacial score (nSPS) is 12.2. The molecule has 92 valence electrons. The highest BCUT2D eigenvalue weighted by molar-refractivity contribution is 7.15. The molecule has 0 amide bonds. The largest absolute Gasteiger partial charge is 0.481 e. The van der Waals surface area contributed by atoms with Crippen molar-refractivity contribution >= 4 is 22.3 Å². The number of carboxylic acid groups (broad SMARTS) is 1. The number of aromatic nitrogens is 2. The first-order valence-electron chi connectivity index (χ1n) is 5.48. The van der Waals surface area contributed by atoms with Crippen LogP contribution in [0.2, 0.25) is 0 Å². The summed E-state index contributed by atoms with van der Waals surface area (Å²) in [7, 11) is 0. The van der Waals surface area contributed by atoms with Gasteiger partial charge in [0.15, 0.2) is 4.96 Å². The summed E-state index contributed by atoms with van der Waals surface area (Å²) in [5, 5.41) is 11.0. The smallest absolute Gasteiger partial charge is 0.309 e. The van der Waals surface area contributed by atoms with Crippen molar-refractivity contribution in [2.24, 2.45) is 0 Å². The molecule has 5 heteroatoms. The molecule has 2 aromatic rings. The molecule has 2 aromatic heterocycles. The highest BCUT2D eigenvalue weighted by Gasteiger charge is 2.26. The van der Waals surface area contributed by atoms with Crippen molar-refractivity contribution in [3.63, 3.8) is 0 Å². The van der Waals surface area contributed by atoms with Gasteiger partial charge in [-0.1, -0.05) is 20.8 Å². The van der Waals surface area contributed by atoms with Crippen LogP contribution in [0.1, 0.15) is 37.9 Å². The molecule has 0 aliphatic carbocycles. The van der Waals surface area contributed by atoms with Gasteiger partial charge in [0.25, 0.3) is 0 Å². The van der Waals surface area contributed by atoms with Gasteiger partial charge in [-0.3, -0.25) is 9.20 Å². The van der Waals surface area contributed by atoms with Crippen LogP contribution < -0.4 is 0 Å². The maximum atomic E-state index is 11.0. The van der Waals surface area contributed by atoms with E-state index in [4.69, 9.17) is 5.11 Å². The van der Waals surface area contributed by atoms with E-state index >= 15 is 0 Å². The molecule has 0 spiro atoms. The third-order valence-corrected chi connectivity index (χ3v) is 3.60. The second kappa shape index (κ2) is 3.84. The number of aliphatic carboxylic acids is 1. The molecule has 17 heavy (non-hydrogen) atoms. The SMILES string of the molecule is Cc1csc2nc(C(C)(C)C)c(CC(=O)O)n12. The van der Waals surface area contributed by atoms with Crippen LogP contribution in [0.4, 0.5) is 0 Å². The van der Waals surface area contributed by atoms with Crippen LogP contribution >= 0.6 is 11.3 Å². The molecule has 1 N–H and O–H groups in total. The van der Waals surface area contributed by atoms with E-state index in [0.717, 1.165) is 22.0 Å². The Morgan fingerprint density at radius 2 is 2.18 bits per heavy atom. The Hall–Kier alpha value is -1.36. The van der Waals surface area contributed by atoms with Crippen LogP contribution in [-0.4, -0.2) is 20.5 Å². The standard InChI is InChI=1S/C12H16N2O2S/c1-7-6-17-11-13-10(12(2,3)4)8(14(7)11)5-9(15)16/h6H,5H2,1-4H3,(H,15,16). The van der Waals surface area contributed by atoms with Gasteiger partial charge in [0, 0.05) is 16.5 Å². The second-order valence-electron chi connectivity index (χ2n) is 5.22. The van der Waals surface area contributed by atoms with Gasteiger partial charge < -0.3 is 5.11 Å². The zero-order valence-corrected chi connectivity index (χ0v) is 11.3. The van der Waals surface area contributed by atoms with E-state index in [1.54, 1.807) is 11.3 Å². The van der Waals surface area contributed by atoms with Crippen molar-refractivity contribution in [2.75, 3.05) is 0 Å². The van der Waals surface area contributed by atoms with Gasteiger partial charge in [-0.15, -0.1) is 11.3 Å². The predicted molar refractivity (Wildman–Crippen MR) is 67.8 cm³/mol. The maximum absolute atomic E-state index is 11.0. The Kier molecular flexibility index (Phi) is 2.73. The molecule has 4 nitrogen and oxygen atoms in total. The Morgan fingerprint density at radius 3 is 2.71 bits per heavy atom. The van der Waals surface area contributed by atoms with Crippen LogP contribution in [0, 0.1) is 6.92 Å². The van der Waals surface area contributed by atoms with Crippen LogP contribution in [-0.2, 0) is 16.6 Å². The molecule has 0 radical (unpaired) electrons. The average Bonchev–Trinajstić information content (AvgIpc) is 2.67. The molecule has 0 unspecified atom stereocenters. The lowest BCUT2D eigenvalue weighted by Crippen LogP contribution is -2.17. The summed E-state index contributed by atoms with van der Waals surface area (Å²) in [6, 6.07) is 0. The van der Waals surface area contributed by atoms with E-state index < -0.39 is 5.97 Å². The van der Waals surface area contributed by atoms with Gasteiger partial charge in [-0.05, 0) is 6.92 Å². The number of fused-ring (bicyclic) bond motifs is 1. The summed E-state index contributed by atoms with van der Waals surface area (Å²) < 4.78 is 1.96. The van der Waals surface area contributed by atoms with E-state index in [1.165, 1.54) is 0 Å². The van der Waals surface area contributed by atoms with E-state index in [1.807, 2.05) is 16.7 Å². The fraction of sp³-hybridized carbons (Fsp3) is 0.500. The quantitative estimate of drug-likeness (QED) is 0.894. The molecule has 2 heterocycles. The molecular weight excluding hydrogens is 236 g/mol. The fourth-order valence-electron chi connectivity index (χ4n) is 1.97. The summed E-state index contributed by atoms with van der Waals surface area (Å²) in [4.78, 5) is 16.4. The van der Waals surface area contributed by atoms with Crippen molar-refractivity contribution in [3.05, 3.63) is 22.5 Å². The molecule has 0 saturated carbocycles. The van der Waals surface area contributed by atoms with E-state index in [0.29, 0.717) is 0 Å². The summed E-state index contributed by atoms with van der Waals surface area (Å²) in [5.41, 5.74) is 2.60. The minimum Gasteiger partial charge on any atom is -0.481 e. The van der Waals surface area contributed by atoms with Gasteiger partial charge in [-0.2, -0.15) is 0 Å². The monoisotopic (exact) mass is 252 g/mol.